The van der Waals surface area contributed by atoms with E-state index in [2.05, 4.69) is 90.5 Å². The van der Waals surface area contributed by atoms with Crippen LogP contribution < -0.4 is 5.32 Å². The summed E-state index contributed by atoms with van der Waals surface area (Å²) in [5.74, 6) is 0.671. The Balaban J connectivity index is 2.09. The van der Waals surface area contributed by atoms with Crippen LogP contribution in [0.1, 0.15) is 43.0 Å². The van der Waals surface area contributed by atoms with Crippen molar-refractivity contribution in [3.05, 3.63) is 69.7 Å². The van der Waals surface area contributed by atoms with E-state index < -0.39 is 0 Å². The lowest BCUT2D eigenvalue weighted by Crippen LogP contribution is -2.22. The largest absolute Gasteiger partial charge is 0.306 e. The van der Waals surface area contributed by atoms with Crippen LogP contribution >= 0.6 is 15.9 Å². The fourth-order valence-corrected chi connectivity index (χ4v) is 3.16. The molecule has 112 valence electrons. The van der Waals surface area contributed by atoms with Crippen molar-refractivity contribution in [2.24, 2.45) is 5.92 Å². The van der Waals surface area contributed by atoms with Gasteiger partial charge in [0.1, 0.15) is 0 Å². The second kappa shape index (κ2) is 7.77. The summed E-state index contributed by atoms with van der Waals surface area (Å²) < 4.78 is 1.19. The van der Waals surface area contributed by atoms with Crippen LogP contribution in [0.3, 0.4) is 0 Å². The van der Waals surface area contributed by atoms with E-state index in [1.165, 1.54) is 21.2 Å². The van der Waals surface area contributed by atoms with E-state index in [0.717, 1.165) is 13.0 Å². The Morgan fingerprint density at radius 3 is 2.38 bits per heavy atom. The van der Waals surface area contributed by atoms with Crippen LogP contribution in [0.5, 0.6) is 0 Å². The summed E-state index contributed by atoms with van der Waals surface area (Å²) in [5.41, 5.74) is 3.96. The van der Waals surface area contributed by atoms with Gasteiger partial charge in [-0.25, -0.2) is 0 Å². The van der Waals surface area contributed by atoms with Gasteiger partial charge in [-0.2, -0.15) is 0 Å². The smallest absolute Gasteiger partial charge is 0.0325 e. The molecule has 0 amide bonds. The first kappa shape index (κ1) is 16.3. The van der Waals surface area contributed by atoms with E-state index in [0.29, 0.717) is 12.0 Å². The molecular weight excluding hydrogens is 322 g/mol. The Morgan fingerprint density at radius 1 is 1.05 bits per heavy atom. The summed E-state index contributed by atoms with van der Waals surface area (Å²) in [6, 6.07) is 17.7. The van der Waals surface area contributed by atoms with E-state index in [-0.39, 0.29) is 0 Å². The molecule has 0 aliphatic carbocycles. The average Bonchev–Trinajstić information content (AvgIpc) is 2.45. The molecule has 2 rings (SSSR count). The lowest BCUT2D eigenvalue weighted by atomic mass is 9.97. The zero-order valence-corrected chi connectivity index (χ0v) is 14.7. The Hall–Kier alpha value is -1.12. The minimum absolute atomic E-state index is 0.402. The molecule has 1 atom stereocenters. The van der Waals surface area contributed by atoms with Crippen molar-refractivity contribution in [2.75, 3.05) is 0 Å². The predicted molar refractivity (Wildman–Crippen MR) is 94.4 cm³/mol. The Bertz CT molecular complexity index is 563. The van der Waals surface area contributed by atoms with Crippen molar-refractivity contribution in [2.45, 2.75) is 39.8 Å². The van der Waals surface area contributed by atoms with E-state index in [4.69, 9.17) is 0 Å². The van der Waals surface area contributed by atoms with Gasteiger partial charge in [0, 0.05) is 17.1 Å². The highest BCUT2D eigenvalue weighted by atomic mass is 79.9. The van der Waals surface area contributed by atoms with Crippen molar-refractivity contribution >= 4 is 15.9 Å². The molecule has 0 saturated heterocycles. The normalized spacial score (nSPS) is 12.6. The van der Waals surface area contributed by atoms with E-state index in [1.807, 2.05) is 0 Å². The molecule has 0 radical (unpaired) electrons. The van der Waals surface area contributed by atoms with Crippen LogP contribution in [0.25, 0.3) is 0 Å². The standard InChI is InChI=1S/C19H24BrN/c1-14(2)11-19(16-7-5-4-6-8-16)21-13-17-10-9-15(3)12-18(17)20/h4-10,12,14,19,21H,11,13H2,1-3H3. The van der Waals surface area contributed by atoms with Crippen molar-refractivity contribution in [1.82, 2.24) is 5.32 Å². The van der Waals surface area contributed by atoms with E-state index >= 15 is 0 Å². The van der Waals surface area contributed by atoms with Crippen LogP contribution in [0, 0.1) is 12.8 Å². The highest BCUT2D eigenvalue weighted by Crippen LogP contribution is 2.23. The summed E-state index contributed by atoms with van der Waals surface area (Å²) in [6.07, 6.45) is 1.15. The first-order chi connectivity index (χ1) is 10.1. The third kappa shape index (κ3) is 4.98. The van der Waals surface area contributed by atoms with Crippen molar-refractivity contribution in [3.63, 3.8) is 0 Å². The van der Waals surface area contributed by atoms with Gasteiger partial charge in [0.25, 0.3) is 0 Å². The number of hydrogen-bond donors (Lipinski definition) is 1. The lowest BCUT2D eigenvalue weighted by molar-refractivity contribution is 0.428. The Kier molecular flexibility index (Phi) is 6.01. The summed E-state index contributed by atoms with van der Waals surface area (Å²) >= 11 is 3.66. The third-order valence-corrected chi connectivity index (χ3v) is 4.39. The number of hydrogen-bond acceptors (Lipinski definition) is 1. The van der Waals surface area contributed by atoms with Gasteiger partial charge in [-0.15, -0.1) is 0 Å². The van der Waals surface area contributed by atoms with Crippen molar-refractivity contribution in [3.8, 4) is 0 Å². The van der Waals surface area contributed by atoms with Gasteiger partial charge in [0.2, 0.25) is 0 Å². The molecule has 21 heavy (non-hydrogen) atoms. The maximum atomic E-state index is 3.71. The molecule has 0 aromatic heterocycles. The molecule has 2 heteroatoms. The number of rotatable bonds is 6. The predicted octanol–water partition coefficient (Wildman–Crippen LogP) is 5.63. The fourth-order valence-electron chi connectivity index (χ4n) is 2.52. The van der Waals surface area contributed by atoms with Crippen LogP contribution in [0.2, 0.25) is 0 Å². The zero-order valence-electron chi connectivity index (χ0n) is 13.1. The van der Waals surface area contributed by atoms with Crippen LogP contribution in [0.4, 0.5) is 0 Å². The van der Waals surface area contributed by atoms with Crippen molar-refractivity contribution in [1.29, 1.82) is 0 Å². The lowest BCUT2D eigenvalue weighted by Gasteiger charge is -2.21. The topological polar surface area (TPSA) is 12.0 Å². The molecule has 2 aromatic rings. The van der Waals surface area contributed by atoms with Gasteiger partial charge in [-0.3, -0.25) is 0 Å². The number of aryl methyl sites for hydroxylation is 1. The van der Waals surface area contributed by atoms with Gasteiger partial charge < -0.3 is 5.32 Å². The van der Waals surface area contributed by atoms with Gasteiger partial charge in [0.05, 0.1) is 0 Å². The van der Waals surface area contributed by atoms with Crippen molar-refractivity contribution < 1.29 is 0 Å². The molecule has 1 nitrogen and oxygen atoms in total. The minimum Gasteiger partial charge on any atom is -0.306 e. The highest BCUT2D eigenvalue weighted by Gasteiger charge is 2.13. The molecule has 0 spiro atoms. The maximum Gasteiger partial charge on any atom is 0.0325 e. The average molecular weight is 346 g/mol. The van der Waals surface area contributed by atoms with Crippen LogP contribution in [0.15, 0.2) is 53.0 Å². The molecule has 1 unspecified atom stereocenters. The summed E-state index contributed by atoms with van der Waals surface area (Å²) in [4.78, 5) is 0. The molecule has 0 fully saturated rings. The van der Waals surface area contributed by atoms with Gasteiger partial charge >= 0.3 is 0 Å². The molecule has 1 N–H and O–H groups in total. The first-order valence-corrected chi connectivity index (χ1v) is 8.39. The third-order valence-electron chi connectivity index (χ3n) is 3.66. The molecule has 0 aliphatic heterocycles. The molecular formula is C19H24BrN. The summed E-state index contributed by atoms with van der Waals surface area (Å²) in [5, 5.41) is 3.71. The monoisotopic (exact) mass is 345 g/mol. The maximum absolute atomic E-state index is 3.71. The van der Waals surface area contributed by atoms with Crippen LogP contribution in [-0.2, 0) is 6.54 Å². The van der Waals surface area contributed by atoms with E-state index in [9.17, 15) is 0 Å². The molecule has 0 aliphatic rings. The molecule has 0 heterocycles. The van der Waals surface area contributed by atoms with Gasteiger partial charge in [0.15, 0.2) is 0 Å². The Labute approximate surface area is 136 Å². The quantitative estimate of drug-likeness (QED) is 0.714. The fraction of sp³-hybridized carbons (Fsp3) is 0.368. The van der Waals surface area contributed by atoms with Gasteiger partial charge in [-0.05, 0) is 42.0 Å². The zero-order chi connectivity index (χ0) is 15.2. The number of benzene rings is 2. The molecule has 2 aromatic carbocycles. The second-order valence-electron chi connectivity index (χ2n) is 6.07. The SMILES string of the molecule is Cc1ccc(CNC(CC(C)C)c2ccccc2)c(Br)c1. The molecule has 0 saturated carbocycles. The minimum atomic E-state index is 0.402. The number of halogens is 1. The summed E-state index contributed by atoms with van der Waals surface area (Å²) in [6.45, 7) is 7.56. The Morgan fingerprint density at radius 2 is 1.76 bits per heavy atom. The van der Waals surface area contributed by atoms with E-state index in [1.54, 1.807) is 0 Å². The first-order valence-electron chi connectivity index (χ1n) is 7.59. The van der Waals surface area contributed by atoms with Gasteiger partial charge in [-0.1, -0.05) is 72.2 Å². The highest BCUT2D eigenvalue weighted by molar-refractivity contribution is 9.10. The van der Waals surface area contributed by atoms with Crippen LogP contribution in [-0.4, -0.2) is 0 Å². The second-order valence-corrected chi connectivity index (χ2v) is 6.92. The summed E-state index contributed by atoms with van der Waals surface area (Å²) in [7, 11) is 0. The number of nitrogens with one attached hydrogen (secondary N) is 1. The molecule has 0 bridgehead atoms.